The molecule has 88 valence electrons. The summed E-state index contributed by atoms with van der Waals surface area (Å²) in [4.78, 5) is 0. The van der Waals surface area contributed by atoms with E-state index < -0.39 is 0 Å². The van der Waals surface area contributed by atoms with E-state index in [1.165, 1.54) is 12.1 Å². The van der Waals surface area contributed by atoms with Crippen molar-refractivity contribution in [3.8, 4) is 22.6 Å². The van der Waals surface area contributed by atoms with Gasteiger partial charge in [0.15, 0.2) is 0 Å². The molecule has 0 aliphatic carbocycles. The summed E-state index contributed by atoms with van der Waals surface area (Å²) >= 11 is 0. The molecule has 2 rings (SSSR count). The van der Waals surface area contributed by atoms with Gasteiger partial charge in [0.2, 0.25) is 0 Å². The van der Waals surface area contributed by atoms with Crippen molar-refractivity contribution >= 4 is 0 Å². The van der Waals surface area contributed by atoms with E-state index in [-0.39, 0.29) is 17.4 Å². The molecule has 0 spiro atoms. The summed E-state index contributed by atoms with van der Waals surface area (Å²) in [5.41, 5.74) is 2.43. The maximum absolute atomic E-state index is 10.0. The van der Waals surface area contributed by atoms with Crippen molar-refractivity contribution in [2.24, 2.45) is 0 Å². The smallest absolute Gasteiger partial charge is 0.123 e. The van der Waals surface area contributed by atoms with Gasteiger partial charge in [-0.1, -0.05) is 44.2 Å². The van der Waals surface area contributed by atoms with Gasteiger partial charge in [-0.15, -0.1) is 0 Å². The second kappa shape index (κ2) is 4.50. The summed E-state index contributed by atoms with van der Waals surface area (Å²) in [7, 11) is 0. The summed E-state index contributed by atoms with van der Waals surface area (Å²) < 4.78 is 0. The highest BCUT2D eigenvalue weighted by molar-refractivity contribution is 5.76. The molecule has 0 amide bonds. The SMILES string of the molecule is CC(C)c1c(O)ccc(O)c1-c1ccccc1. The number of benzene rings is 2. The van der Waals surface area contributed by atoms with E-state index in [4.69, 9.17) is 0 Å². The van der Waals surface area contributed by atoms with E-state index in [0.29, 0.717) is 0 Å². The van der Waals surface area contributed by atoms with E-state index in [9.17, 15) is 10.2 Å². The first-order chi connectivity index (χ1) is 8.11. The Morgan fingerprint density at radius 2 is 1.41 bits per heavy atom. The Kier molecular flexibility index (Phi) is 3.05. The van der Waals surface area contributed by atoms with Crippen molar-refractivity contribution in [3.05, 3.63) is 48.0 Å². The van der Waals surface area contributed by atoms with E-state index in [2.05, 4.69) is 0 Å². The number of phenolic OH excluding ortho intramolecular Hbond substituents is 2. The average Bonchev–Trinajstić information content (AvgIpc) is 2.32. The van der Waals surface area contributed by atoms with Gasteiger partial charge in [0.05, 0.1) is 0 Å². The highest BCUT2D eigenvalue weighted by Gasteiger charge is 2.16. The van der Waals surface area contributed by atoms with Gasteiger partial charge in [0.25, 0.3) is 0 Å². The van der Waals surface area contributed by atoms with Crippen LogP contribution in [0.2, 0.25) is 0 Å². The van der Waals surface area contributed by atoms with Crippen molar-refractivity contribution in [1.29, 1.82) is 0 Å². The zero-order valence-electron chi connectivity index (χ0n) is 10.0. The Bertz CT molecular complexity index is 516. The summed E-state index contributed by atoms with van der Waals surface area (Å²) in [6.07, 6.45) is 0. The van der Waals surface area contributed by atoms with Gasteiger partial charge in [-0.25, -0.2) is 0 Å². The molecule has 0 aliphatic heterocycles. The first-order valence-corrected chi connectivity index (χ1v) is 5.71. The van der Waals surface area contributed by atoms with Crippen LogP contribution >= 0.6 is 0 Å². The Morgan fingerprint density at radius 1 is 0.824 bits per heavy atom. The first-order valence-electron chi connectivity index (χ1n) is 5.71. The molecular weight excluding hydrogens is 212 g/mol. The number of rotatable bonds is 2. The molecule has 0 saturated carbocycles. The second-order valence-corrected chi connectivity index (χ2v) is 4.41. The van der Waals surface area contributed by atoms with Crippen LogP contribution < -0.4 is 0 Å². The normalized spacial score (nSPS) is 10.8. The predicted octanol–water partition coefficient (Wildman–Crippen LogP) is 3.89. The number of aromatic hydroxyl groups is 2. The molecule has 2 heteroatoms. The van der Waals surface area contributed by atoms with Crippen LogP contribution in [0, 0.1) is 0 Å². The van der Waals surface area contributed by atoms with Crippen LogP contribution in [0.5, 0.6) is 11.5 Å². The topological polar surface area (TPSA) is 40.5 Å². The van der Waals surface area contributed by atoms with E-state index >= 15 is 0 Å². The molecule has 0 saturated heterocycles. The molecule has 0 unspecified atom stereocenters. The highest BCUT2D eigenvalue weighted by Crippen LogP contribution is 2.41. The van der Waals surface area contributed by atoms with Crippen LogP contribution in [0.4, 0.5) is 0 Å². The van der Waals surface area contributed by atoms with Crippen molar-refractivity contribution in [2.75, 3.05) is 0 Å². The summed E-state index contributed by atoms with van der Waals surface area (Å²) in [5.74, 6) is 0.589. The molecule has 0 bridgehead atoms. The van der Waals surface area contributed by atoms with Crippen molar-refractivity contribution in [3.63, 3.8) is 0 Å². The summed E-state index contributed by atoms with van der Waals surface area (Å²) in [6, 6.07) is 12.7. The molecule has 2 N–H and O–H groups in total. The number of hydrogen-bond acceptors (Lipinski definition) is 2. The van der Waals surface area contributed by atoms with Gasteiger partial charge in [0.1, 0.15) is 11.5 Å². The monoisotopic (exact) mass is 228 g/mol. The molecule has 0 aliphatic rings. The highest BCUT2D eigenvalue weighted by atomic mass is 16.3. The molecule has 17 heavy (non-hydrogen) atoms. The van der Waals surface area contributed by atoms with Gasteiger partial charge in [-0.05, 0) is 23.6 Å². The fourth-order valence-electron chi connectivity index (χ4n) is 2.09. The van der Waals surface area contributed by atoms with Gasteiger partial charge < -0.3 is 10.2 Å². The minimum atomic E-state index is 0.150. The third-order valence-electron chi connectivity index (χ3n) is 2.84. The minimum Gasteiger partial charge on any atom is -0.508 e. The average molecular weight is 228 g/mol. The molecule has 2 nitrogen and oxygen atoms in total. The van der Waals surface area contributed by atoms with E-state index in [1.54, 1.807) is 0 Å². The zero-order chi connectivity index (χ0) is 12.4. The van der Waals surface area contributed by atoms with Crippen LogP contribution in [0.25, 0.3) is 11.1 Å². The summed E-state index contributed by atoms with van der Waals surface area (Å²) in [5, 5.41) is 19.9. The van der Waals surface area contributed by atoms with E-state index in [0.717, 1.165) is 16.7 Å². The molecule has 0 fully saturated rings. The van der Waals surface area contributed by atoms with Gasteiger partial charge in [0, 0.05) is 11.1 Å². The number of phenols is 2. The lowest BCUT2D eigenvalue weighted by molar-refractivity contribution is 0.453. The lowest BCUT2D eigenvalue weighted by atomic mass is 9.91. The standard InChI is InChI=1S/C15H16O2/c1-10(2)14-12(16)8-9-13(17)15(14)11-6-4-3-5-7-11/h3-10,16-17H,1-2H3. The third kappa shape index (κ3) is 2.11. The molecule has 2 aromatic carbocycles. The van der Waals surface area contributed by atoms with Crippen molar-refractivity contribution < 1.29 is 10.2 Å². The largest absolute Gasteiger partial charge is 0.508 e. The Morgan fingerprint density at radius 3 is 2.00 bits per heavy atom. The van der Waals surface area contributed by atoms with Gasteiger partial charge in [-0.2, -0.15) is 0 Å². The molecular formula is C15H16O2. The maximum atomic E-state index is 10.0. The Labute approximate surface area is 101 Å². The molecule has 0 radical (unpaired) electrons. The zero-order valence-corrected chi connectivity index (χ0v) is 10.0. The fraction of sp³-hybridized carbons (Fsp3) is 0.200. The Balaban J connectivity index is 2.72. The molecule has 2 aromatic rings. The lowest BCUT2D eigenvalue weighted by Crippen LogP contribution is -1.94. The van der Waals surface area contributed by atoms with Crippen LogP contribution in [-0.4, -0.2) is 10.2 Å². The lowest BCUT2D eigenvalue weighted by Gasteiger charge is -2.16. The van der Waals surface area contributed by atoms with Gasteiger partial charge in [-0.3, -0.25) is 0 Å². The molecule has 0 heterocycles. The quantitative estimate of drug-likeness (QED) is 0.765. The van der Waals surface area contributed by atoms with Gasteiger partial charge >= 0.3 is 0 Å². The van der Waals surface area contributed by atoms with Crippen LogP contribution in [0.1, 0.15) is 25.3 Å². The second-order valence-electron chi connectivity index (χ2n) is 4.41. The van der Waals surface area contributed by atoms with Crippen molar-refractivity contribution in [1.82, 2.24) is 0 Å². The van der Waals surface area contributed by atoms with Crippen LogP contribution in [0.3, 0.4) is 0 Å². The fourth-order valence-corrected chi connectivity index (χ4v) is 2.09. The summed E-state index contributed by atoms with van der Waals surface area (Å²) in [6.45, 7) is 4.00. The maximum Gasteiger partial charge on any atom is 0.123 e. The predicted molar refractivity (Wildman–Crippen MR) is 69.3 cm³/mol. The minimum absolute atomic E-state index is 0.150. The van der Waals surface area contributed by atoms with E-state index in [1.807, 2.05) is 44.2 Å². The number of hydrogen-bond donors (Lipinski definition) is 2. The van der Waals surface area contributed by atoms with Crippen LogP contribution in [0.15, 0.2) is 42.5 Å². The van der Waals surface area contributed by atoms with Crippen LogP contribution in [-0.2, 0) is 0 Å². The Hall–Kier alpha value is -1.96. The first kappa shape index (κ1) is 11.5. The van der Waals surface area contributed by atoms with Crippen molar-refractivity contribution in [2.45, 2.75) is 19.8 Å². The molecule has 0 atom stereocenters. The molecule has 0 aromatic heterocycles. The third-order valence-corrected chi connectivity index (χ3v) is 2.84.